The summed E-state index contributed by atoms with van der Waals surface area (Å²) in [5.74, 6) is 1.13. The zero-order valence-electron chi connectivity index (χ0n) is 12.2. The number of aryl methyl sites for hydroxylation is 1. The van der Waals surface area contributed by atoms with Crippen LogP contribution in [-0.2, 0) is 6.42 Å². The van der Waals surface area contributed by atoms with Gasteiger partial charge in [-0.05, 0) is 36.0 Å². The van der Waals surface area contributed by atoms with Gasteiger partial charge in [0, 0.05) is 18.0 Å². The number of amidine groups is 1. The number of nitrogens with one attached hydrogen (secondary N) is 1. The molecule has 0 aliphatic carbocycles. The smallest absolute Gasteiger partial charge is 0.161 e. The van der Waals surface area contributed by atoms with Crippen molar-refractivity contribution in [3.05, 3.63) is 29.8 Å². The molecular formula is C16H24N2S. The van der Waals surface area contributed by atoms with Gasteiger partial charge in [0.05, 0.1) is 0 Å². The van der Waals surface area contributed by atoms with Crippen LogP contribution in [-0.4, -0.2) is 17.5 Å². The molecule has 0 atom stereocenters. The van der Waals surface area contributed by atoms with E-state index in [1.165, 1.54) is 24.8 Å². The van der Waals surface area contributed by atoms with Crippen molar-refractivity contribution < 1.29 is 0 Å². The highest BCUT2D eigenvalue weighted by atomic mass is 32.2. The van der Waals surface area contributed by atoms with E-state index in [9.17, 15) is 0 Å². The van der Waals surface area contributed by atoms with E-state index >= 15 is 0 Å². The van der Waals surface area contributed by atoms with Crippen molar-refractivity contribution in [2.45, 2.75) is 40.0 Å². The Labute approximate surface area is 121 Å². The number of benzene rings is 1. The van der Waals surface area contributed by atoms with Crippen LogP contribution in [0.15, 0.2) is 29.3 Å². The van der Waals surface area contributed by atoms with Crippen LogP contribution < -0.4 is 5.32 Å². The molecule has 1 aliphatic heterocycles. The number of hydrogen-bond acceptors (Lipinski definition) is 3. The minimum Gasteiger partial charge on any atom is -0.335 e. The van der Waals surface area contributed by atoms with Gasteiger partial charge >= 0.3 is 0 Å². The Balaban J connectivity index is 1.91. The van der Waals surface area contributed by atoms with Crippen LogP contribution in [0.2, 0.25) is 0 Å². The minimum atomic E-state index is 0.333. The standard InChI is InChI=1S/C16H24N2S/c1-4-5-6-13-7-9-14(10-8-13)18-15-17-11-16(2,3)12-19-15/h7-10H,4-6,11-12H2,1-3H3,(H,17,18). The highest BCUT2D eigenvalue weighted by molar-refractivity contribution is 8.14. The van der Waals surface area contributed by atoms with Crippen LogP contribution in [0.5, 0.6) is 0 Å². The molecule has 1 N–H and O–H groups in total. The minimum absolute atomic E-state index is 0.333. The molecule has 19 heavy (non-hydrogen) atoms. The van der Waals surface area contributed by atoms with Gasteiger partial charge < -0.3 is 5.32 Å². The summed E-state index contributed by atoms with van der Waals surface area (Å²) in [4.78, 5) is 4.62. The van der Waals surface area contributed by atoms with Crippen LogP contribution in [0.1, 0.15) is 39.2 Å². The molecule has 0 saturated carbocycles. The Hall–Kier alpha value is -0.960. The van der Waals surface area contributed by atoms with E-state index in [4.69, 9.17) is 0 Å². The number of unbranched alkanes of at least 4 members (excludes halogenated alkanes) is 1. The SMILES string of the molecule is CCCCc1ccc(NC2=NCC(C)(C)CS2)cc1. The van der Waals surface area contributed by atoms with E-state index in [-0.39, 0.29) is 0 Å². The molecule has 1 aliphatic rings. The van der Waals surface area contributed by atoms with E-state index in [0.29, 0.717) is 5.41 Å². The van der Waals surface area contributed by atoms with Crippen LogP contribution in [0.25, 0.3) is 0 Å². The lowest BCUT2D eigenvalue weighted by Gasteiger charge is -2.27. The fourth-order valence-corrected chi connectivity index (χ4v) is 2.94. The normalized spacial score (nSPS) is 17.9. The summed E-state index contributed by atoms with van der Waals surface area (Å²) in [6.07, 6.45) is 3.70. The average molecular weight is 276 g/mol. The van der Waals surface area contributed by atoms with Gasteiger partial charge in [0.2, 0.25) is 0 Å². The number of nitrogens with zero attached hydrogens (tertiary/aromatic N) is 1. The Morgan fingerprint density at radius 2 is 2.00 bits per heavy atom. The van der Waals surface area contributed by atoms with Crippen molar-refractivity contribution in [2.24, 2.45) is 10.4 Å². The first-order valence-electron chi connectivity index (χ1n) is 7.12. The van der Waals surface area contributed by atoms with E-state index in [1.54, 1.807) is 0 Å². The second-order valence-corrected chi connectivity index (χ2v) is 6.96. The summed E-state index contributed by atoms with van der Waals surface area (Å²) < 4.78 is 0. The van der Waals surface area contributed by atoms with Crippen LogP contribution in [0.3, 0.4) is 0 Å². The lowest BCUT2D eigenvalue weighted by molar-refractivity contribution is 0.438. The van der Waals surface area contributed by atoms with Crippen LogP contribution in [0, 0.1) is 5.41 Å². The number of thioether (sulfide) groups is 1. The Morgan fingerprint density at radius 3 is 2.58 bits per heavy atom. The maximum atomic E-state index is 4.62. The van der Waals surface area contributed by atoms with Gasteiger partial charge in [-0.1, -0.05) is 51.1 Å². The summed E-state index contributed by atoms with van der Waals surface area (Å²) in [5.41, 5.74) is 2.90. The van der Waals surface area contributed by atoms with Crippen molar-refractivity contribution in [3.8, 4) is 0 Å². The third-order valence-corrected chi connectivity index (χ3v) is 4.70. The van der Waals surface area contributed by atoms with Gasteiger partial charge in [0.25, 0.3) is 0 Å². The number of anilines is 1. The molecule has 1 aromatic rings. The van der Waals surface area contributed by atoms with E-state index in [0.717, 1.165) is 23.2 Å². The van der Waals surface area contributed by atoms with Crippen molar-refractivity contribution in [3.63, 3.8) is 0 Å². The molecule has 0 unspecified atom stereocenters. The van der Waals surface area contributed by atoms with Gasteiger partial charge in [-0.15, -0.1) is 0 Å². The van der Waals surface area contributed by atoms with Crippen molar-refractivity contribution >= 4 is 22.6 Å². The van der Waals surface area contributed by atoms with Crippen molar-refractivity contribution in [1.29, 1.82) is 0 Å². The summed E-state index contributed by atoms with van der Waals surface area (Å²) in [6.45, 7) is 7.68. The maximum absolute atomic E-state index is 4.62. The first-order chi connectivity index (χ1) is 9.09. The lowest BCUT2D eigenvalue weighted by Crippen LogP contribution is -2.27. The molecule has 1 heterocycles. The molecular weight excluding hydrogens is 252 g/mol. The monoisotopic (exact) mass is 276 g/mol. The Morgan fingerprint density at radius 1 is 1.26 bits per heavy atom. The van der Waals surface area contributed by atoms with E-state index in [2.05, 4.69) is 55.3 Å². The third kappa shape index (κ3) is 4.57. The summed E-state index contributed by atoms with van der Waals surface area (Å²) in [5, 5.41) is 4.47. The molecule has 0 fully saturated rings. The highest BCUT2D eigenvalue weighted by Gasteiger charge is 2.23. The first kappa shape index (κ1) is 14.4. The third-order valence-electron chi connectivity index (χ3n) is 3.27. The number of rotatable bonds is 4. The number of hydrogen-bond donors (Lipinski definition) is 1. The topological polar surface area (TPSA) is 24.4 Å². The molecule has 1 aromatic carbocycles. The van der Waals surface area contributed by atoms with Crippen LogP contribution in [0.4, 0.5) is 5.69 Å². The molecule has 0 radical (unpaired) electrons. The van der Waals surface area contributed by atoms with E-state index in [1.807, 2.05) is 11.8 Å². The number of aliphatic imine (C=N–C) groups is 1. The molecule has 3 heteroatoms. The highest BCUT2D eigenvalue weighted by Crippen LogP contribution is 2.28. The largest absolute Gasteiger partial charge is 0.335 e. The van der Waals surface area contributed by atoms with Crippen molar-refractivity contribution in [1.82, 2.24) is 0 Å². The molecule has 0 saturated heterocycles. The Bertz CT molecular complexity index is 435. The second kappa shape index (κ2) is 6.47. The zero-order valence-corrected chi connectivity index (χ0v) is 13.0. The van der Waals surface area contributed by atoms with Gasteiger partial charge in [-0.25, -0.2) is 0 Å². The predicted molar refractivity (Wildman–Crippen MR) is 87.2 cm³/mol. The predicted octanol–water partition coefficient (Wildman–Crippen LogP) is 4.57. The van der Waals surface area contributed by atoms with Crippen LogP contribution >= 0.6 is 11.8 Å². The van der Waals surface area contributed by atoms with E-state index < -0.39 is 0 Å². The van der Waals surface area contributed by atoms with Gasteiger partial charge in [0.1, 0.15) is 0 Å². The fraction of sp³-hybridized carbons (Fsp3) is 0.562. The van der Waals surface area contributed by atoms with Gasteiger partial charge in [0.15, 0.2) is 5.17 Å². The molecule has 0 spiro atoms. The lowest BCUT2D eigenvalue weighted by atomic mass is 9.97. The average Bonchev–Trinajstić information content (AvgIpc) is 2.40. The summed E-state index contributed by atoms with van der Waals surface area (Å²) in [6, 6.07) is 8.76. The fourth-order valence-electron chi connectivity index (χ4n) is 1.98. The maximum Gasteiger partial charge on any atom is 0.161 e. The van der Waals surface area contributed by atoms with Crippen molar-refractivity contribution in [2.75, 3.05) is 17.6 Å². The molecule has 0 amide bonds. The second-order valence-electron chi connectivity index (χ2n) is 6.00. The summed E-state index contributed by atoms with van der Waals surface area (Å²) >= 11 is 1.82. The first-order valence-corrected chi connectivity index (χ1v) is 8.11. The molecule has 0 bridgehead atoms. The quantitative estimate of drug-likeness (QED) is 0.871. The molecule has 2 rings (SSSR count). The summed E-state index contributed by atoms with van der Waals surface area (Å²) in [7, 11) is 0. The van der Waals surface area contributed by atoms with Gasteiger partial charge in [-0.3, -0.25) is 4.99 Å². The Kier molecular flexibility index (Phi) is 4.92. The van der Waals surface area contributed by atoms with Gasteiger partial charge in [-0.2, -0.15) is 0 Å². The molecule has 0 aromatic heterocycles. The molecule has 104 valence electrons. The molecule has 2 nitrogen and oxygen atoms in total. The zero-order chi connectivity index (χ0) is 13.7.